The number of guanidine groups is 1. The Kier molecular flexibility index (Phi) is 27.3. The van der Waals surface area contributed by atoms with Crippen molar-refractivity contribution in [3.05, 3.63) is 138 Å². The number of para-hydroxylation sites is 1. The summed E-state index contributed by atoms with van der Waals surface area (Å²) in [6, 6.07) is 19.2. The number of hydrogen-bond donors (Lipinski definition) is 14. The van der Waals surface area contributed by atoms with Gasteiger partial charge in [-0.3, -0.25) is 58.4 Å². The van der Waals surface area contributed by atoms with Crippen LogP contribution in [0.3, 0.4) is 0 Å². The fourth-order valence-electron chi connectivity index (χ4n) is 10.4. The van der Waals surface area contributed by atoms with Crippen LogP contribution in [0.15, 0.2) is 120 Å². The summed E-state index contributed by atoms with van der Waals surface area (Å²) in [5, 5.41) is 42.5. The molecule has 27 nitrogen and oxygen atoms in total. The second-order valence-electron chi connectivity index (χ2n) is 22.7. The average Bonchev–Trinajstić information content (AvgIpc) is 2.05. The molecule has 0 saturated carbocycles. The Morgan fingerprint density at radius 2 is 1.13 bits per heavy atom. The molecule has 17 N–H and O–H groups in total. The van der Waals surface area contributed by atoms with Crippen molar-refractivity contribution >= 4 is 76.1 Å². The van der Waals surface area contributed by atoms with E-state index in [1.807, 2.05) is 25.7 Å². The van der Waals surface area contributed by atoms with Crippen molar-refractivity contribution in [3.63, 3.8) is 0 Å². The van der Waals surface area contributed by atoms with Crippen LogP contribution >= 0.6 is 0 Å². The van der Waals surface area contributed by atoms with E-state index in [9.17, 15) is 58.2 Å². The van der Waals surface area contributed by atoms with E-state index in [-0.39, 0.29) is 82.1 Å². The molecule has 8 atom stereocenters. The first-order chi connectivity index (χ1) is 43.6. The number of aliphatic imine (C=N–C) groups is 1. The Hall–Kier alpha value is -9.89. The minimum Gasteiger partial charge on any atom is -0.508 e. The van der Waals surface area contributed by atoms with Crippen molar-refractivity contribution in [1.82, 2.24) is 52.4 Å². The minimum atomic E-state index is -1.80. The first-order valence-electron chi connectivity index (χ1n) is 30.3. The Morgan fingerprint density at radius 1 is 0.615 bits per heavy atom. The molecule has 0 spiro atoms. The third-order valence-corrected chi connectivity index (χ3v) is 15.2. The van der Waals surface area contributed by atoms with Crippen LogP contribution in [0.5, 0.6) is 5.75 Å². The standard InChI is InChI=1S/C64H84N14O13/c1-4-78-30-14-22-53(78)62(89)77-56(83)46(21-13-29-68-63(66)67)70-57(84)48(31-38(2)3)71-58(85)49(32-39-15-7-5-8-16-39)72-59(86)50(33-40-23-25-43(80)26-24-40)73-61(88)52(36-79)75-60(87)51(34-42-35-69-45-20-12-11-19-44(42)45)74-55(82)47(27-28-54(65)81)76-64(90)91-37-41-17-9-6-10-18-41/h5-12,15-20,23-26,35,38,46-53,69,79-80H,4,13-14,21-22,27-34,36-37H2,1-3H3,(H2,65,81)(H,70,84)(H,71,85)(H,72,86)(H,73,88)(H,74,82)(H,75,87)(H,76,90)(H4,66,67,68)(H,77,83,89)/t46-,47-,48-,49+,50-,51-,52-,53-/m0/s1. The number of H-pyrrole nitrogens is 1. The smallest absolute Gasteiger partial charge is 0.408 e. The first kappa shape index (κ1) is 70.2. The van der Waals surface area contributed by atoms with Crippen LogP contribution in [0.1, 0.15) is 88.0 Å². The molecule has 0 bridgehead atoms. The highest BCUT2D eigenvalue weighted by Crippen LogP contribution is 2.21. The summed E-state index contributed by atoms with van der Waals surface area (Å²) < 4.78 is 5.34. The van der Waals surface area contributed by atoms with E-state index in [1.54, 1.807) is 91.1 Å². The predicted molar refractivity (Wildman–Crippen MR) is 337 cm³/mol. The molecule has 0 unspecified atom stereocenters. The number of nitrogens with one attached hydrogen (secondary N) is 9. The summed E-state index contributed by atoms with van der Waals surface area (Å²) in [6.45, 7) is 5.70. The molecule has 5 aromatic rings. The largest absolute Gasteiger partial charge is 0.508 e. The third kappa shape index (κ3) is 22.6. The Balaban J connectivity index is 1.24. The number of phenols is 1. The summed E-state index contributed by atoms with van der Waals surface area (Å²) in [6.07, 6.45) is 0.890. The SMILES string of the molecule is CCN1CCC[C@H]1C(=O)NC(=O)[C@H](CCCN=C(N)N)NC(=O)[C@H](CC(C)C)NC(=O)[C@@H](Cc1ccccc1)NC(=O)[C@H](Cc1ccc(O)cc1)NC(=O)[C@H](CO)NC(=O)[C@H](Cc1c[nH]c2ccccc12)NC(=O)[C@H](CCC(N)=O)NC(=O)OCc1ccccc1. The van der Waals surface area contributed by atoms with Crippen LogP contribution in [-0.2, 0) is 73.8 Å². The number of likely N-dealkylation sites (tertiary alicyclic amines) is 1. The Morgan fingerprint density at radius 3 is 1.73 bits per heavy atom. The van der Waals surface area contributed by atoms with Gasteiger partial charge in [-0.1, -0.05) is 112 Å². The quantitative estimate of drug-likeness (QED) is 0.0152. The number of primary amides is 1. The Labute approximate surface area is 527 Å². The number of aliphatic hydroxyl groups excluding tert-OH is 1. The van der Waals surface area contributed by atoms with Gasteiger partial charge in [-0.25, -0.2) is 4.79 Å². The van der Waals surface area contributed by atoms with Gasteiger partial charge in [-0.05, 0) is 98.0 Å². The number of nitrogens with two attached hydrogens (primary N) is 3. The van der Waals surface area contributed by atoms with Crippen molar-refractivity contribution in [2.75, 3.05) is 26.2 Å². The second-order valence-corrected chi connectivity index (χ2v) is 22.7. The molecule has 1 aliphatic rings. The number of likely N-dealkylation sites (N-methyl/N-ethyl adjacent to an activating group) is 1. The third-order valence-electron chi connectivity index (χ3n) is 15.2. The lowest BCUT2D eigenvalue weighted by atomic mass is 9.99. The number of imide groups is 1. The van der Waals surface area contributed by atoms with E-state index in [4.69, 9.17) is 21.9 Å². The lowest BCUT2D eigenvalue weighted by molar-refractivity contribution is -0.137. The number of rotatable bonds is 34. The zero-order valence-electron chi connectivity index (χ0n) is 51.3. The zero-order chi connectivity index (χ0) is 66.0. The maximum atomic E-state index is 14.9. The molecule has 488 valence electrons. The summed E-state index contributed by atoms with van der Waals surface area (Å²) >= 11 is 0. The normalized spacial score (nSPS) is 15.2. The summed E-state index contributed by atoms with van der Waals surface area (Å²) in [5.41, 5.74) is 19.4. The van der Waals surface area contributed by atoms with Gasteiger partial charge < -0.3 is 74.4 Å². The predicted octanol–water partition coefficient (Wildman–Crippen LogP) is 0.590. The molecule has 27 heteroatoms. The Bertz CT molecular complexity index is 3310. The highest BCUT2D eigenvalue weighted by atomic mass is 16.5. The zero-order valence-corrected chi connectivity index (χ0v) is 51.3. The summed E-state index contributed by atoms with van der Waals surface area (Å²) in [7, 11) is 0. The van der Waals surface area contributed by atoms with Crippen LogP contribution in [-0.4, -0.2) is 160 Å². The highest BCUT2D eigenvalue weighted by molar-refractivity contribution is 6.02. The van der Waals surface area contributed by atoms with Gasteiger partial charge in [0.2, 0.25) is 53.2 Å². The molecule has 2 heterocycles. The van der Waals surface area contributed by atoms with Crippen LogP contribution in [0.4, 0.5) is 4.79 Å². The van der Waals surface area contributed by atoms with Crippen LogP contribution in [0, 0.1) is 5.92 Å². The molecule has 1 aliphatic heterocycles. The monoisotopic (exact) mass is 1260 g/mol. The second kappa shape index (κ2) is 35.3. The van der Waals surface area contributed by atoms with E-state index in [1.165, 1.54) is 24.3 Å². The molecule has 1 fully saturated rings. The number of carbonyl (C=O) groups is 10. The van der Waals surface area contributed by atoms with Gasteiger partial charge in [-0.15, -0.1) is 0 Å². The maximum Gasteiger partial charge on any atom is 0.408 e. The van der Waals surface area contributed by atoms with Gasteiger partial charge in [0.15, 0.2) is 5.96 Å². The van der Waals surface area contributed by atoms with Crippen LogP contribution in [0.25, 0.3) is 10.9 Å². The number of hydrogen-bond acceptors (Lipinski definition) is 15. The molecule has 1 aromatic heterocycles. The molecular formula is C64H84N14O13. The van der Waals surface area contributed by atoms with Crippen molar-refractivity contribution < 1.29 is 62.9 Å². The van der Waals surface area contributed by atoms with E-state index < -0.39 is 114 Å². The van der Waals surface area contributed by atoms with E-state index >= 15 is 0 Å². The van der Waals surface area contributed by atoms with E-state index in [0.717, 1.165) is 6.42 Å². The molecule has 91 heavy (non-hydrogen) atoms. The number of aliphatic hydroxyl groups is 1. The minimum absolute atomic E-state index is 0.00331. The molecular weight excluding hydrogens is 1170 g/mol. The number of amides is 10. The topological polar surface area (TPSA) is 426 Å². The molecule has 0 radical (unpaired) electrons. The number of nitrogens with zero attached hydrogens (tertiary/aromatic N) is 2. The average molecular weight is 1260 g/mol. The molecule has 0 aliphatic carbocycles. The number of aromatic amines is 1. The van der Waals surface area contributed by atoms with Crippen molar-refractivity contribution in [2.24, 2.45) is 28.1 Å². The van der Waals surface area contributed by atoms with Crippen LogP contribution in [0.2, 0.25) is 0 Å². The molecule has 4 aromatic carbocycles. The fraction of sp³-hybridized carbons (Fsp3) is 0.422. The number of aromatic nitrogens is 1. The van der Waals surface area contributed by atoms with E-state index in [0.29, 0.717) is 52.7 Å². The van der Waals surface area contributed by atoms with Gasteiger partial charge in [-0.2, -0.15) is 0 Å². The number of benzene rings is 4. The number of ether oxygens (including phenoxy) is 1. The number of aromatic hydroxyl groups is 1. The van der Waals surface area contributed by atoms with Gasteiger partial charge in [0.1, 0.15) is 54.6 Å². The lowest BCUT2D eigenvalue weighted by Gasteiger charge is -2.28. The van der Waals surface area contributed by atoms with Gasteiger partial charge in [0.05, 0.1) is 12.6 Å². The fourth-order valence-corrected chi connectivity index (χ4v) is 10.4. The lowest BCUT2D eigenvalue weighted by Crippen LogP contribution is -2.61. The van der Waals surface area contributed by atoms with Crippen molar-refractivity contribution in [3.8, 4) is 5.75 Å². The van der Waals surface area contributed by atoms with Crippen molar-refractivity contribution in [1.29, 1.82) is 0 Å². The summed E-state index contributed by atoms with van der Waals surface area (Å²) in [5.74, 6) is -8.13. The van der Waals surface area contributed by atoms with E-state index in [2.05, 4.69) is 52.5 Å². The van der Waals surface area contributed by atoms with Gasteiger partial charge in [0, 0.05) is 49.3 Å². The number of alkyl carbamates (subject to hydrolysis) is 1. The number of phenolic OH excluding ortho intramolecular Hbond substituents is 1. The summed E-state index contributed by atoms with van der Waals surface area (Å²) in [4.78, 5) is 149. The van der Waals surface area contributed by atoms with Crippen LogP contribution < -0.4 is 59.7 Å². The highest BCUT2D eigenvalue weighted by Gasteiger charge is 2.37. The number of carbonyl (C=O) groups excluding carboxylic acids is 10. The molecule has 1 saturated heterocycles. The number of fused-ring (bicyclic) bond motifs is 1. The maximum absolute atomic E-state index is 14.9. The van der Waals surface area contributed by atoms with Gasteiger partial charge >= 0.3 is 6.09 Å². The van der Waals surface area contributed by atoms with Gasteiger partial charge in [0.25, 0.3) is 0 Å². The first-order valence-corrected chi connectivity index (χ1v) is 30.3. The van der Waals surface area contributed by atoms with Crippen molar-refractivity contribution in [2.45, 2.75) is 140 Å². The molecule has 10 amide bonds. The molecule has 6 rings (SSSR count).